The third-order valence-corrected chi connectivity index (χ3v) is 6.76. The first-order chi connectivity index (χ1) is 16.3. The lowest BCUT2D eigenvalue weighted by atomic mass is 10.0. The largest absolute Gasteiger partial charge is 0.491 e. The van der Waals surface area contributed by atoms with Crippen molar-refractivity contribution in [2.75, 3.05) is 26.2 Å². The Morgan fingerprint density at radius 2 is 2.06 bits per heavy atom. The van der Waals surface area contributed by atoms with Crippen LogP contribution < -0.4 is 4.74 Å². The minimum Gasteiger partial charge on any atom is -0.491 e. The zero-order valence-corrected chi connectivity index (χ0v) is 18.7. The highest BCUT2D eigenvalue weighted by atomic mass is 16.5. The molecule has 3 aliphatic rings. The third kappa shape index (κ3) is 4.09. The van der Waals surface area contributed by atoms with E-state index in [1.54, 1.807) is 18.2 Å². The third-order valence-electron chi connectivity index (χ3n) is 6.76. The van der Waals surface area contributed by atoms with Crippen LogP contribution in [0.3, 0.4) is 0 Å². The summed E-state index contributed by atoms with van der Waals surface area (Å²) in [6.45, 7) is 3.95. The molecule has 0 unspecified atom stereocenters. The summed E-state index contributed by atoms with van der Waals surface area (Å²) in [5.74, 6) is -1.88. The number of likely N-dealkylation sites (tertiary alicyclic amines) is 1. The highest BCUT2D eigenvalue weighted by Crippen LogP contribution is 2.46. The molecule has 0 aromatic heterocycles. The Bertz CT molecular complexity index is 1080. The summed E-state index contributed by atoms with van der Waals surface area (Å²) in [4.78, 5) is 55.4. The lowest BCUT2D eigenvalue weighted by molar-refractivity contribution is -0.161. The molecule has 1 aromatic rings. The average molecular weight is 466 g/mol. The summed E-state index contributed by atoms with van der Waals surface area (Å²) in [7, 11) is 0. The number of carbonyl (C=O) groups is 4. The molecule has 1 aromatic carbocycles. The van der Waals surface area contributed by atoms with Crippen molar-refractivity contribution in [2.45, 2.75) is 43.3 Å². The molecule has 1 N–H and O–H groups in total. The maximum Gasteiger partial charge on any atom is 0.326 e. The van der Waals surface area contributed by atoms with Gasteiger partial charge >= 0.3 is 5.97 Å². The van der Waals surface area contributed by atoms with E-state index in [0.717, 1.165) is 0 Å². The van der Waals surface area contributed by atoms with Gasteiger partial charge in [-0.15, -0.1) is 0 Å². The molecule has 10 heteroatoms. The van der Waals surface area contributed by atoms with Gasteiger partial charge in [0.25, 0.3) is 0 Å². The maximum absolute atomic E-state index is 13.6. The van der Waals surface area contributed by atoms with E-state index in [2.05, 4.69) is 6.58 Å². The molecule has 1 aliphatic carbocycles. The Kier molecular flexibility index (Phi) is 6.28. The maximum atomic E-state index is 13.6. The fourth-order valence-corrected chi connectivity index (χ4v) is 4.84. The molecule has 0 radical (unpaired) electrons. The predicted octanol–water partition coefficient (Wildman–Crippen LogP) is 0.771. The van der Waals surface area contributed by atoms with Gasteiger partial charge in [0, 0.05) is 19.6 Å². The Morgan fingerprint density at radius 1 is 1.29 bits per heavy atom. The van der Waals surface area contributed by atoms with Crippen LogP contribution >= 0.6 is 0 Å². The molecule has 3 amide bonds. The molecule has 34 heavy (non-hydrogen) atoms. The minimum absolute atomic E-state index is 0.115. The van der Waals surface area contributed by atoms with E-state index in [9.17, 15) is 24.3 Å². The molecule has 178 valence electrons. The first kappa shape index (κ1) is 23.3. The average Bonchev–Trinajstić information content (AvgIpc) is 3.46. The summed E-state index contributed by atoms with van der Waals surface area (Å²) in [5.41, 5.74) is -0.601. The van der Waals surface area contributed by atoms with Crippen LogP contribution in [-0.4, -0.2) is 87.4 Å². The molecule has 2 aliphatic heterocycles. The van der Waals surface area contributed by atoms with E-state index in [4.69, 9.17) is 10.00 Å². The van der Waals surface area contributed by atoms with Gasteiger partial charge in [0.15, 0.2) is 0 Å². The summed E-state index contributed by atoms with van der Waals surface area (Å²) in [6.07, 6.45) is 3.07. The first-order valence-electron chi connectivity index (χ1n) is 11.2. The van der Waals surface area contributed by atoms with Gasteiger partial charge in [-0.05, 0) is 50.0 Å². The van der Waals surface area contributed by atoms with E-state index < -0.39 is 29.5 Å². The van der Waals surface area contributed by atoms with Crippen molar-refractivity contribution in [1.82, 2.24) is 14.7 Å². The van der Waals surface area contributed by atoms with Crippen LogP contribution in [0.1, 0.15) is 31.2 Å². The van der Waals surface area contributed by atoms with Gasteiger partial charge in [-0.1, -0.05) is 12.6 Å². The first-order valence-corrected chi connectivity index (χ1v) is 11.2. The second-order valence-corrected chi connectivity index (χ2v) is 8.72. The number of ether oxygens (including phenoxy) is 1. The van der Waals surface area contributed by atoms with Crippen LogP contribution in [0, 0.1) is 11.3 Å². The van der Waals surface area contributed by atoms with Crippen molar-refractivity contribution in [3.8, 4) is 11.8 Å². The van der Waals surface area contributed by atoms with Crippen molar-refractivity contribution in [2.24, 2.45) is 0 Å². The van der Waals surface area contributed by atoms with Crippen molar-refractivity contribution in [3.63, 3.8) is 0 Å². The van der Waals surface area contributed by atoms with Crippen molar-refractivity contribution in [1.29, 1.82) is 5.26 Å². The van der Waals surface area contributed by atoms with E-state index in [-0.39, 0.29) is 38.1 Å². The van der Waals surface area contributed by atoms with Gasteiger partial charge in [-0.25, -0.2) is 4.79 Å². The number of hydrogen-bond donors (Lipinski definition) is 1. The fourth-order valence-electron chi connectivity index (χ4n) is 4.84. The number of aliphatic carboxylic acids is 1. The number of carbonyl (C=O) groups excluding carboxylic acids is 3. The monoisotopic (exact) mass is 466 g/mol. The van der Waals surface area contributed by atoms with Gasteiger partial charge in [0.05, 0.1) is 11.6 Å². The predicted molar refractivity (Wildman–Crippen MR) is 118 cm³/mol. The van der Waals surface area contributed by atoms with E-state index in [0.29, 0.717) is 37.0 Å². The minimum atomic E-state index is -1.08. The number of rotatable bonds is 7. The summed E-state index contributed by atoms with van der Waals surface area (Å²) in [5, 5.41) is 18.7. The lowest BCUT2D eigenvalue weighted by Gasteiger charge is -2.44. The molecule has 2 atom stereocenters. The zero-order valence-electron chi connectivity index (χ0n) is 18.7. The second-order valence-electron chi connectivity index (χ2n) is 8.72. The Balaban J connectivity index is 1.61. The van der Waals surface area contributed by atoms with E-state index in [1.165, 1.54) is 26.8 Å². The van der Waals surface area contributed by atoms with E-state index >= 15 is 0 Å². The van der Waals surface area contributed by atoms with Crippen LogP contribution in [-0.2, 0) is 19.2 Å². The van der Waals surface area contributed by atoms with Gasteiger partial charge in [0.2, 0.25) is 17.7 Å². The Morgan fingerprint density at radius 3 is 2.71 bits per heavy atom. The Labute approximate surface area is 197 Å². The molecule has 0 bridgehead atoms. The summed E-state index contributed by atoms with van der Waals surface area (Å²) < 4.78 is 5.84. The molecule has 4 rings (SSSR count). The number of carboxylic acids is 1. The smallest absolute Gasteiger partial charge is 0.326 e. The number of nitriles is 1. The molecule has 2 heterocycles. The number of piperazine rings is 1. The number of benzene rings is 1. The van der Waals surface area contributed by atoms with Gasteiger partial charge in [0.1, 0.15) is 30.0 Å². The van der Waals surface area contributed by atoms with Crippen LogP contribution in [0.5, 0.6) is 5.75 Å². The van der Waals surface area contributed by atoms with Crippen LogP contribution in [0.15, 0.2) is 36.9 Å². The number of hydrogen-bond acceptors (Lipinski definition) is 6. The molecule has 1 saturated carbocycles. The van der Waals surface area contributed by atoms with Gasteiger partial charge < -0.3 is 24.5 Å². The summed E-state index contributed by atoms with van der Waals surface area (Å²) in [6, 6.07) is 6.45. The summed E-state index contributed by atoms with van der Waals surface area (Å²) >= 11 is 0. The lowest BCUT2D eigenvalue weighted by Crippen LogP contribution is -2.66. The molecule has 3 fully saturated rings. The second kappa shape index (κ2) is 9.17. The molecule has 2 saturated heterocycles. The number of nitrogens with zero attached hydrogens (tertiary/aromatic N) is 4. The normalized spacial score (nSPS) is 21.7. The van der Waals surface area contributed by atoms with E-state index in [1.807, 2.05) is 6.07 Å². The highest BCUT2D eigenvalue weighted by Gasteiger charge is 2.61. The zero-order chi connectivity index (χ0) is 24.5. The molecule has 1 spiro atoms. The Hall–Kier alpha value is -3.87. The number of amides is 3. The molecular formula is C24H26N4O6. The van der Waals surface area contributed by atoms with Crippen LogP contribution in [0.25, 0.3) is 0 Å². The molecule has 10 nitrogen and oxygen atoms in total. The van der Waals surface area contributed by atoms with Crippen molar-refractivity contribution < 1.29 is 29.0 Å². The topological polar surface area (TPSA) is 131 Å². The van der Waals surface area contributed by atoms with Crippen LogP contribution in [0.4, 0.5) is 0 Å². The van der Waals surface area contributed by atoms with Crippen molar-refractivity contribution in [3.05, 3.63) is 42.5 Å². The van der Waals surface area contributed by atoms with Gasteiger partial charge in [-0.2, -0.15) is 5.26 Å². The molecular weight excluding hydrogens is 440 g/mol. The quantitative estimate of drug-likeness (QED) is 0.587. The number of carboxylic acid groups (broad SMARTS) is 1. The highest BCUT2D eigenvalue weighted by molar-refractivity contribution is 6.00. The SMILES string of the molecule is C=CC(=O)N1CCN([C@@H](COc2cccc(C#N)c2)C(=O)N2CCC[C@H]2C(=O)O)C(=O)C12CC2. The van der Waals surface area contributed by atoms with Crippen LogP contribution in [0.2, 0.25) is 0 Å². The fraction of sp³-hybridized carbons (Fsp3) is 0.458. The van der Waals surface area contributed by atoms with Crippen molar-refractivity contribution >= 4 is 23.7 Å². The van der Waals surface area contributed by atoms with Gasteiger partial charge in [-0.3, -0.25) is 14.4 Å². The standard InChI is InChI=1S/C24H26N4O6/c1-2-20(29)28-12-11-27(23(33)24(28)8-9-24)19(15-34-17-6-3-5-16(13-17)14-25)21(30)26-10-4-7-18(26)22(31)32/h2-3,5-6,13,18-19H,1,4,7-12,15H2,(H,31,32)/t18-,19-/m0/s1.